The van der Waals surface area contributed by atoms with Gasteiger partial charge in [0.05, 0.1) is 0 Å². The van der Waals surface area contributed by atoms with E-state index in [0.717, 1.165) is 27.7 Å². The van der Waals surface area contributed by atoms with Crippen LogP contribution in [0.3, 0.4) is 0 Å². The molecule has 0 saturated carbocycles. The fraction of sp³-hybridized carbons (Fsp3) is 0.125. The molecule has 1 aliphatic rings. The van der Waals surface area contributed by atoms with Crippen LogP contribution in [-0.2, 0) is 6.42 Å². The van der Waals surface area contributed by atoms with E-state index in [1.165, 1.54) is 12.1 Å². The Morgan fingerprint density at radius 1 is 1.00 bits per heavy atom. The van der Waals surface area contributed by atoms with Crippen molar-refractivity contribution in [2.75, 3.05) is 6.54 Å². The normalized spacial score (nSPS) is 15.7. The van der Waals surface area contributed by atoms with Crippen molar-refractivity contribution in [1.82, 2.24) is 9.88 Å². The van der Waals surface area contributed by atoms with Crippen molar-refractivity contribution in [3.63, 3.8) is 0 Å². The number of carbonyl (C=O) groups is 1. The van der Waals surface area contributed by atoms with Crippen LogP contribution in [0.1, 0.15) is 22.9 Å². The highest BCUT2D eigenvalue weighted by Crippen LogP contribution is 2.39. The maximum atomic E-state index is 13.6. The summed E-state index contributed by atoms with van der Waals surface area (Å²) in [6, 6.07) is 18.0. The number of halogens is 3. The minimum Gasteiger partial charge on any atom is -0.410 e. The summed E-state index contributed by atoms with van der Waals surface area (Å²) in [4.78, 5) is 18.2. The number of aromatic nitrogens is 1. The van der Waals surface area contributed by atoms with E-state index < -0.39 is 12.1 Å². The largest absolute Gasteiger partial charge is 0.416 e. The molecule has 1 N–H and O–H groups in total. The number of hydrogen-bond acceptors (Lipinski definition) is 2. The highest BCUT2D eigenvalue weighted by atomic mass is 35.5. The summed E-state index contributed by atoms with van der Waals surface area (Å²) in [5, 5.41) is 2.24. The van der Waals surface area contributed by atoms with E-state index in [1.807, 2.05) is 18.2 Å². The van der Waals surface area contributed by atoms with Crippen molar-refractivity contribution in [3.8, 4) is 5.75 Å². The second-order valence-electron chi connectivity index (χ2n) is 7.43. The third-order valence-corrected chi connectivity index (χ3v) is 6.02. The Bertz CT molecular complexity index is 1270. The number of benzene rings is 3. The molecule has 156 valence electrons. The van der Waals surface area contributed by atoms with Crippen LogP contribution in [0.15, 0.2) is 66.7 Å². The number of ether oxygens (including phenoxy) is 1. The van der Waals surface area contributed by atoms with Gasteiger partial charge in [0, 0.05) is 33.2 Å². The minimum atomic E-state index is -0.487. The van der Waals surface area contributed by atoms with Gasteiger partial charge in [0.1, 0.15) is 17.6 Å². The number of nitrogens with zero attached hydrogens (tertiary/aromatic N) is 1. The topological polar surface area (TPSA) is 45.3 Å². The number of rotatable bonds is 2. The fourth-order valence-corrected chi connectivity index (χ4v) is 4.41. The number of nitrogens with one attached hydrogen (secondary N) is 1. The van der Waals surface area contributed by atoms with Crippen molar-refractivity contribution in [2.24, 2.45) is 0 Å². The molecule has 0 saturated heterocycles. The average Bonchev–Trinajstić information content (AvgIpc) is 3.13. The SMILES string of the molecule is O=C(Oc1ccc(Cl)cc1)N1CCc2c([nH]c3ccc(Cl)cc23)C1c1ccc(F)cc1. The summed E-state index contributed by atoms with van der Waals surface area (Å²) in [5.41, 5.74) is 3.70. The van der Waals surface area contributed by atoms with Crippen molar-refractivity contribution in [3.05, 3.63) is 99.4 Å². The van der Waals surface area contributed by atoms with E-state index in [2.05, 4.69) is 4.98 Å². The Kier molecular flexibility index (Phi) is 5.08. The first kappa shape index (κ1) is 19.9. The molecule has 4 aromatic rings. The molecule has 1 amide bonds. The molecule has 5 rings (SSSR count). The molecule has 0 spiro atoms. The van der Waals surface area contributed by atoms with Gasteiger partial charge in [-0.05, 0) is 72.1 Å². The lowest BCUT2D eigenvalue weighted by molar-refractivity contribution is 0.135. The number of amides is 1. The third kappa shape index (κ3) is 3.75. The van der Waals surface area contributed by atoms with Gasteiger partial charge in [-0.25, -0.2) is 9.18 Å². The molecular formula is C24H17Cl2FN2O2. The minimum absolute atomic E-state index is 0.335. The van der Waals surface area contributed by atoms with Gasteiger partial charge in [0.2, 0.25) is 0 Å². The summed E-state index contributed by atoms with van der Waals surface area (Å²) < 4.78 is 19.2. The Morgan fingerprint density at radius 2 is 1.71 bits per heavy atom. The number of carbonyl (C=O) groups excluding carboxylic acids is 1. The molecule has 4 nitrogen and oxygen atoms in total. The Morgan fingerprint density at radius 3 is 2.45 bits per heavy atom. The smallest absolute Gasteiger partial charge is 0.410 e. The van der Waals surface area contributed by atoms with E-state index in [-0.39, 0.29) is 5.82 Å². The van der Waals surface area contributed by atoms with Crippen molar-refractivity contribution in [1.29, 1.82) is 0 Å². The van der Waals surface area contributed by atoms with Gasteiger partial charge < -0.3 is 9.72 Å². The molecule has 2 heterocycles. The molecule has 7 heteroatoms. The molecule has 0 radical (unpaired) electrons. The van der Waals surface area contributed by atoms with Gasteiger partial charge in [-0.2, -0.15) is 0 Å². The first-order valence-electron chi connectivity index (χ1n) is 9.79. The van der Waals surface area contributed by atoms with Crippen LogP contribution in [0.25, 0.3) is 10.9 Å². The van der Waals surface area contributed by atoms with Gasteiger partial charge in [-0.1, -0.05) is 35.3 Å². The fourth-order valence-electron chi connectivity index (χ4n) is 4.11. The zero-order valence-corrected chi connectivity index (χ0v) is 17.8. The Balaban J connectivity index is 1.58. The molecule has 1 atom stereocenters. The molecule has 0 fully saturated rings. The zero-order valence-electron chi connectivity index (χ0n) is 16.2. The van der Waals surface area contributed by atoms with E-state index in [1.54, 1.807) is 41.3 Å². The summed E-state index contributed by atoms with van der Waals surface area (Å²) >= 11 is 12.1. The predicted octanol–water partition coefficient (Wildman–Crippen LogP) is 6.76. The van der Waals surface area contributed by atoms with Crippen LogP contribution in [-0.4, -0.2) is 22.5 Å². The first-order valence-corrected chi connectivity index (χ1v) is 10.5. The second-order valence-corrected chi connectivity index (χ2v) is 8.30. The maximum Gasteiger partial charge on any atom is 0.416 e. The lowest BCUT2D eigenvalue weighted by atomic mass is 9.92. The Labute approximate surface area is 188 Å². The molecule has 1 aliphatic heterocycles. The Hall–Kier alpha value is -3.02. The van der Waals surface area contributed by atoms with Gasteiger partial charge >= 0.3 is 6.09 Å². The third-order valence-electron chi connectivity index (χ3n) is 5.53. The summed E-state index contributed by atoms with van der Waals surface area (Å²) in [7, 11) is 0. The lowest BCUT2D eigenvalue weighted by Crippen LogP contribution is -2.42. The van der Waals surface area contributed by atoms with E-state index in [0.29, 0.717) is 28.8 Å². The summed E-state index contributed by atoms with van der Waals surface area (Å²) in [6.45, 7) is 0.445. The van der Waals surface area contributed by atoms with Crippen molar-refractivity contribution < 1.29 is 13.9 Å². The summed E-state index contributed by atoms with van der Waals surface area (Å²) in [5.74, 6) is 0.0694. The molecule has 1 unspecified atom stereocenters. The van der Waals surface area contributed by atoms with Crippen molar-refractivity contribution >= 4 is 40.2 Å². The molecule has 0 bridgehead atoms. The lowest BCUT2D eigenvalue weighted by Gasteiger charge is -2.35. The molecule has 3 aromatic carbocycles. The van der Waals surface area contributed by atoms with Crippen LogP contribution in [0.5, 0.6) is 5.75 Å². The second kappa shape index (κ2) is 7.91. The predicted molar refractivity (Wildman–Crippen MR) is 119 cm³/mol. The molecule has 0 aliphatic carbocycles. The molecule has 1 aromatic heterocycles. The van der Waals surface area contributed by atoms with Crippen LogP contribution in [0.2, 0.25) is 10.0 Å². The van der Waals surface area contributed by atoms with Gasteiger partial charge in [0.25, 0.3) is 0 Å². The summed E-state index contributed by atoms with van der Waals surface area (Å²) in [6.07, 6.45) is 0.155. The number of hydrogen-bond donors (Lipinski definition) is 1. The highest BCUT2D eigenvalue weighted by molar-refractivity contribution is 6.31. The van der Waals surface area contributed by atoms with Crippen LogP contribution in [0, 0.1) is 5.82 Å². The number of aromatic amines is 1. The maximum absolute atomic E-state index is 13.6. The van der Waals surface area contributed by atoms with Crippen LogP contribution < -0.4 is 4.74 Å². The van der Waals surface area contributed by atoms with E-state index >= 15 is 0 Å². The number of H-pyrrole nitrogens is 1. The van der Waals surface area contributed by atoms with Crippen molar-refractivity contribution in [2.45, 2.75) is 12.5 Å². The first-order chi connectivity index (χ1) is 15.0. The number of fused-ring (bicyclic) bond motifs is 3. The van der Waals surface area contributed by atoms with Crippen LogP contribution in [0.4, 0.5) is 9.18 Å². The van der Waals surface area contributed by atoms with Gasteiger partial charge in [0.15, 0.2) is 0 Å². The standard InChI is InChI=1S/C24H17Cl2FN2O2/c25-15-3-8-18(9-4-15)31-24(30)29-12-11-19-20-13-16(26)5-10-21(20)28-22(19)23(29)14-1-6-17(27)7-2-14/h1-10,13,23,28H,11-12H2. The quantitative estimate of drug-likeness (QED) is 0.363. The zero-order chi connectivity index (χ0) is 21.5. The van der Waals surface area contributed by atoms with Crippen LogP contribution >= 0.6 is 23.2 Å². The van der Waals surface area contributed by atoms with Gasteiger partial charge in [-0.3, -0.25) is 4.90 Å². The van der Waals surface area contributed by atoms with E-state index in [9.17, 15) is 9.18 Å². The van der Waals surface area contributed by atoms with Gasteiger partial charge in [-0.15, -0.1) is 0 Å². The average molecular weight is 455 g/mol. The highest BCUT2D eigenvalue weighted by Gasteiger charge is 2.35. The molecular weight excluding hydrogens is 438 g/mol. The molecule has 31 heavy (non-hydrogen) atoms. The monoisotopic (exact) mass is 454 g/mol. The van der Waals surface area contributed by atoms with E-state index in [4.69, 9.17) is 27.9 Å².